The van der Waals surface area contributed by atoms with Crippen molar-refractivity contribution in [2.24, 2.45) is 0 Å². The fourth-order valence-corrected chi connectivity index (χ4v) is 1.56. The molecule has 0 aliphatic heterocycles. The molecule has 0 bridgehead atoms. The quantitative estimate of drug-likeness (QED) is 0.862. The topological polar surface area (TPSA) is 41.6 Å². The van der Waals surface area contributed by atoms with Gasteiger partial charge in [-0.15, -0.1) is 0 Å². The van der Waals surface area contributed by atoms with Gasteiger partial charge in [0.05, 0.1) is 0 Å². The van der Waals surface area contributed by atoms with Gasteiger partial charge in [-0.1, -0.05) is 6.92 Å². The molecule has 0 saturated carbocycles. The third-order valence-corrected chi connectivity index (χ3v) is 2.43. The van der Waals surface area contributed by atoms with E-state index in [9.17, 15) is 4.39 Å². The minimum atomic E-state index is -0.201. The number of hydrogen-bond acceptors (Lipinski definition) is 2. The van der Waals surface area contributed by atoms with Crippen LogP contribution >= 0.6 is 0 Å². The second kappa shape index (κ2) is 4.43. The Balaban J connectivity index is 2.31. The molecule has 0 aliphatic carbocycles. The van der Waals surface area contributed by atoms with E-state index in [1.54, 1.807) is 19.1 Å². The lowest BCUT2D eigenvalue weighted by molar-refractivity contribution is 0.618. The molecule has 0 atom stereocenters. The van der Waals surface area contributed by atoms with Gasteiger partial charge in [0.15, 0.2) is 5.82 Å². The summed E-state index contributed by atoms with van der Waals surface area (Å²) in [7, 11) is 0. The molecule has 3 nitrogen and oxygen atoms in total. The van der Waals surface area contributed by atoms with Gasteiger partial charge in [0.1, 0.15) is 11.6 Å². The number of rotatable bonds is 3. The first-order valence-electron chi connectivity index (χ1n) is 5.38. The van der Waals surface area contributed by atoms with Gasteiger partial charge >= 0.3 is 0 Å². The number of benzene rings is 1. The molecule has 2 rings (SSSR count). The summed E-state index contributed by atoms with van der Waals surface area (Å²) in [6, 6.07) is 4.90. The summed E-state index contributed by atoms with van der Waals surface area (Å²) in [5.74, 6) is 1.30. The molecule has 1 aromatic heterocycles. The molecule has 2 aromatic rings. The molecule has 0 amide bonds. The van der Waals surface area contributed by atoms with Crippen molar-refractivity contribution in [3.63, 3.8) is 0 Å². The first-order valence-corrected chi connectivity index (χ1v) is 5.38. The average Bonchev–Trinajstić information content (AvgIpc) is 2.71. The third kappa shape index (κ3) is 2.10. The molecule has 0 aliphatic rings. The average molecular weight is 219 g/mol. The molecule has 4 heteroatoms. The molecule has 1 N–H and O–H groups in total. The van der Waals surface area contributed by atoms with Gasteiger partial charge in [-0.05, 0) is 37.1 Å². The van der Waals surface area contributed by atoms with E-state index in [-0.39, 0.29) is 5.82 Å². The number of aryl methyl sites for hydroxylation is 2. The van der Waals surface area contributed by atoms with E-state index in [0.29, 0.717) is 11.4 Å². The first-order chi connectivity index (χ1) is 7.70. The Kier molecular flexibility index (Phi) is 2.99. The van der Waals surface area contributed by atoms with Crippen LogP contribution in [0, 0.1) is 12.7 Å². The number of nitrogens with one attached hydrogen (secondary N) is 1. The van der Waals surface area contributed by atoms with Crippen LogP contribution in [-0.4, -0.2) is 15.2 Å². The Morgan fingerprint density at radius 2 is 2.19 bits per heavy atom. The minimum Gasteiger partial charge on any atom is -0.263 e. The van der Waals surface area contributed by atoms with Gasteiger partial charge in [0.25, 0.3) is 0 Å². The van der Waals surface area contributed by atoms with Crippen LogP contribution in [0.3, 0.4) is 0 Å². The molecule has 0 unspecified atom stereocenters. The zero-order valence-corrected chi connectivity index (χ0v) is 9.42. The molecule has 84 valence electrons. The molecule has 16 heavy (non-hydrogen) atoms. The Bertz CT molecular complexity index is 491. The summed E-state index contributed by atoms with van der Waals surface area (Å²) in [4.78, 5) is 4.35. The highest BCUT2D eigenvalue weighted by molar-refractivity contribution is 5.55. The Morgan fingerprint density at radius 1 is 1.38 bits per heavy atom. The normalized spacial score (nSPS) is 10.7. The fraction of sp³-hybridized carbons (Fsp3) is 0.333. The van der Waals surface area contributed by atoms with E-state index >= 15 is 0 Å². The largest absolute Gasteiger partial charge is 0.263 e. The maximum atomic E-state index is 13.1. The Morgan fingerprint density at radius 3 is 2.88 bits per heavy atom. The number of halogens is 1. The highest BCUT2D eigenvalue weighted by atomic mass is 19.1. The van der Waals surface area contributed by atoms with Crippen molar-refractivity contribution in [2.75, 3.05) is 0 Å². The summed E-state index contributed by atoms with van der Waals surface area (Å²) in [6.45, 7) is 3.82. The summed E-state index contributed by atoms with van der Waals surface area (Å²) in [6.07, 6.45) is 1.91. The summed E-state index contributed by atoms with van der Waals surface area (Å²) >= 11 is 0. The standard InChI is InChI=1S/C12H14FN3/c1-3-4-11-14-12(16-15-11)9-5-6-10(13)8(2)7-9/h5-7H,3-4H2,1-2H3,(H,14,15,16). The summed E-state index contributed by atoms with van der Waals surface area (Å²) in [5, 5.41) is 7.00. The van der Waals surface area contributed by atoms with Gasteiger partial charge in [0.2, 0.25) is 0 Å². The maximum absolute atomic E-state index is 13.1. The van der Waals surface area contributed by atoms with Crippen molar-refractivity contribution < 1.29 is 4.39 Å². The van der Waals surface area contributed by atoms with Gasteiger partial charge in [-0.2, -0.15) is 5.10 Å². The molecule has 0 saturated heterocycles. The number of nitrogens with zero attached hydrogens (tertiary/aromatic N) is 2. The predicted octanol–water partition coefficient (Wildman–Crippen LogP) is 2.87. The zero-order chi connectivity index (χ0) is 11.5. The predicted molar refractivity (Wildman–Crippen MR) is 60.5 cm³/mol. The fourth-order valence-electron chi connectivity index (χ4n) is 1.56. The van der Waals surface area contributed by atoms with E-state index in [4.69, 9.17) is 0 Å². The monoisotopic (exact) mass is 219 g/mol. The number of aromatic nitrogens is 3. The van der Waals surface area contributed by atoms with Crippen LogP contribution < -0.4 is 0 Å². The van der Waals surface area contributed by atoms with E-state index in [1.165, 1.54) is 6.07 Å². The number of hydrogen-bond donors (Lipinski definition) is 1. The van der Waals surface area contributed by atoms with Gasteiger partial charge in [-0.3, -0.25) is 5.10 Å². The van der Waals surface area contributed by atoms with Crippen LogP contribution in [0.5, 0.6) is 0 Å². The van der Waals surface area contributed by atoms with Crippen LogP contribution in [0.15, 0.2) is 18.2 Å². The van der Waals surface area contributed by atoms with Crippen LogP contribution in [0.4, 0.5) is 4.39 Å². The molecule has 0 spiro atoms. The molecule has 1 aromatic carbocycles. The minimum absolute atomic E-state index is 0.201. The molecule has 0 radical (unpaired) electrons. The van der Waals surface area contributed by atoms with Crippen molar-refractivity contribution in [1.82, 2.24) is 15.2 Å². The van der Waals surface area contributed by atoms with E-state index in [2.05, 4.69) is 22.1 Å². The molecule has 1 heterocycles. The SMILES string of the molecule is CCCc1nc(-c2ccc(F)c(C)c2)n[nH]1. The van der Waals surface area contributed by atoms with E-state index in [1.807, 2.05) is 0 Å². The van der Waals surface area contributed by atoms with Crippen LogP contribution in [0.2, 0.25) is 0 Å². The second-order valence-corrected chi connectivity index (χ2v) is 3.82. The molecular weight excluding hydrogens is 205 g/mol. The van der Waals surface area contributed by atoms with Crippen molar-refractivity contribution >= 4 is 0 Å². The smallest absolute Gasteiger partial charge is 0.181 e. The number of aromatic amines is 1. The van der Waals surface area contributed by atoms with Crippen LogP contribution in [-0.2, 0) is 6.42 Å². The van der Waals surface area contributed by atoms with Crippen molar-refractivity contribution in [2.45, 2.75) is 26.7 Å². The van der Waals surface area contributed by atoms with Gasteiger partial charge in [0, 0.05) is 12.0 Å². The maximum Gasteiger partial charge on any atom is 0.181 e. The lowest BCUT2D eigenvalue weighted by atomic mass is 10.1. The first kappa shape index (κ1) is 10.8. The second-order valence-electron chi connectivity index (χ2n) is 3.82. The van der Waals surface area contributed by atoms with E-state index in [0.717, 1.165) is 24.2 Å². The summed E-state index contributed by atoms with van der Waals surface area (Å²) < 4.78 is 13.1. The van der Waals surface area contributed by atoms with Gasteiger partial charge < -0.3 is 0 Å². The third-order valence-electron chi connectivity index (χ3n) is 2.43. The Hall–Kier alpha value is -1.71. The molecule has 0 fully saturated rings. The van der Waals surface area contributed by atoms with Gasteiger partial charge in [-0.25, -0.2) is 9.37 Å². The van der Waals surface area contributed by atoms with Crippen molar-refractivity contribution in [1.29, 1.82) is 0 Å². The number of H-pyrrole nitrogens is 1. The van der Waals surface area contributed by atoms with Crippen molar-refractivity contribution in [3.8, 4) is 11.4 Å². The van der Waals surface area contributed by atoms with Crippen LogP contribution in [0.1, 0.15) is 24.7 Å². The van der Waals surface area contributed by atoms with Crippen LogP contribution in [0.25, 0.3) is 11.4 Å². The lowest BCUT2D eigenvalue weighted by Gasteiger charge is -1.98. The summed E-state index contributed by atoms with van der Waals surface area (Å²) in [5.41, 5.74) is 1.46. The molecular formula is C12H14FN3. The Labute approximate surface area is 93.7 Å². The lowest BCUT2D eigenvalue weighted by Crippen LogP contribution is -1.87. The highest BCUT2D eigenvalue weighted by Gasteiger charge is 2.07. The van der Waals surface area contributed by atoms with E-state index < -0.39 is 0 Å². The van der Waals surface area contributed by atoms with Crippen molar-refractivity contribution in [3.05, 3.63) is 35.4 Å². The zero-order valence-electron chi connectivity index (χ0n) is 9.42. The highest BCUT2D eigenvalue weighted by Crippen LogP contribution is 2.18.